The van der Waals surface area contributed by atoms with Gasteiger partial charge < -0.3 is 14.8 Å². The minimum atomic E-state index is -0.226. The third kappa shape index (κ3) is 5.12. The summed E-state index contributed by atoms with van der Waals surface area (Å²) in [6, 6.07) is 10.6. The van der Waals surface area contributed by atoms with Gasteiger partial charge in [0, 0.05) is 13.3 Å². The number of para-hydroxylation sites is 2. The number of carbonyl (C=O) groups is 1. The van der Waals surface area contributed by atoms with E-state index in [2.05, 4.69) is 15.3 Å². The van der Waals surface area contributed by atoms with E-state index in [1.165, 1.54) is 16.3 Å². The summed E-state index contributed by atoms with van der Waals surface area (Å²) in [6.07, 6.45) is 1.58. The number of carbonyl (C=O) groups excluding carboxylic acids is 1. The van der Waals surface area contributed by atoms with Crippen LogP contribution in [0, 0.1) is 0 Å². The van der Waals surface area contributed by atoms with Crippen molar-refractivity contribution in [2.75, 3.05) is 31.4 Å². The van der Waals surface area contributed by atoms with Gasteiger partial charge in [0.1, 0.15) is 5.75 Å². The van der Waals surface area contributed by atoms with E-state index in [0.717, 1.165) is 0 Å². The van der Waals surface area contributed by atoms with Gasteiger partial charge >= 0.3 is 0 Å². The number of nitrogens with zero attached hydrogens (tertiary/aromatic N) is 3. The van der Waals surface area contributed by atoms with E-state index < -0.39 is 0 Å². The third-order valence-corrected chi connectivity index (χ3v) is 4.98. The van der Waals surface area contributed by atoms with Gasteiger partial charge in [-0.2, -0.15) is 0 Å². The molecule has 0 radical (unpaired) electrons. The smallest absolute Gasteiger partial charge is 0.263 e. The molecule has 0 unspecified atom stereocenters. The van der Waals surface area contributed by atoms with Crippen molar-refractivity contribution >= 4 is 34.4 Å². The molecule has 2 heterocycles. The van der Waals surface area contributed by atoms with E-state index in [0.29, 0.717) is 47.4 Å². The first kappa shape index (κ1) is 20.8. The molecular weight excluding hydrogens is 392 g/mol. The molecule has 0 aliphatic rings. The van der Waals surface area contributed by atoms with E-state index in [4.69, 9.17) is 9.47 Å². The summed E-state index contributed by atoms with van der Waals surface area (Å²) in [6.45, 7) is 3.08. The normalized spacial score (nSPS) is 10.8. The second-order valence-corrected chi connectivity index (χ2v) is 6.93. The molecule has 152 valence electrons. The van der Waals surface area contributed by atoms with Crippen LogP contribution in [0.5, 0.6) is 5.75 Å². The van der Waals surface area contributed by atoms with Crippen molar-refractivity contribution in [1.82, 2.24) is 14.5 Å². The molecule has 9 heteroatoms. The van der Waals surface area contributed by atoms with Crippen LogP contribution in [0.3, 0.4) is 0 Å². The van der Waals surface area contributed by atoms with Gasteiger partial charge in [0.2, 0.25) is 5.91 Å². The number of amides is 1. The largest absolute Gasteiger partial charge is 0.492 e. The SMILES string of the molecule is CCOc1ccccc1NC(=O)CSc1nc2ncccc2c(=O)n1CCOC. The van der Waals surface area contributed by atoms with Gasteiger partial charge in [-0.05, 0) is 31.2 Å². The number of aromatic nitrogens is 3. The van der Waals surface area contributed by atoms with Crippen LogP contribution in [0.25, 0.3) is 11.0 Å². The predicted octanol–water partition coefficient (Wildman–Crippen LogP) is 2.57. The Morgan fingerprint density at radius 3 is 2.86 bits per heavy atom. The van der Waals surface area contributed by atoms with Crippen LogP contribution in [-0.2, 0) is 16.1 Å². The summed E-state index contributed by atoms with van der Waals surface area (Å²) in [5.74, 6) is 0.465. The summed E-state index contributed by atoms with van der Waals surface area (Å²) in [7, 11) is 1.57. The maximum Gasteiger partial charge on any atom is 0.263 e. The Hall–Kier alpha value is -2.91. The maximum atomic E-state index is 12.8. The van der Waals surface area contributed by atoms with Crippen molar-refractivity contribution in [2.24, 2.45) is 0 Å². The molecule has 0 saturated heterocycles. The summed E-state index contributed by atoms with van der Waals surface area (Å²) < 4.78 is 12.1. The molecule has 8 nitrogen and oxygen atoms in total. The van der Waals surface area contributed by atoms with Gasteiger partial charge in [0.05, 0.1) is 36.6 Å². The van der Waals surface area contributed by atoms with Gasteiger partial charge in [0.15, 0.2) is 10.8 Å². The zero-order valence-electron chi connectivity index (χ0n) is 16.3. The number of thioether (sulfide) groups is 1. The highest BCUT2D eigenvalue weighted by Gasteiger charge is 2.14. The summed E-state index contributed by atoms with van der Waals surface area (Å²) in [5.41, 5.74) is 0.755. The molecule has 29 heavy (non-hydrogen) atoms. The molecule has 0 bridgehead atoms. The lowest BCUT2D eigenvalue weighted by Crippen LogP contribution is -2.26. The molecule has 0 aliphatic carbocycles. The Bertz CT molecular complexity index is 1050. The zero-order valence-corrected chi connectivity index (χ0v) is 17.1. The minimum Gasteiger partial charge on any atom is -0.492 e. The van der Waals surface area contributed by atoms with Crippen LogP contribution in [0.4, 0.5) is 5.69 Å². The third-order valence-electron chi connectivity index (χ3n) is 4.01. The fourth-order valence-corrected chi connectivity index (χ4v) is 3.51. The zero-order chi connectivity index (χ0) is 20.6. The summed E-state index contributed by atoms with van der Waals surface area (Å²) in [5, 5.41) is 3.70. The average molecular weight is 414 g/mol. The lowest BCUT2D eigenvalue weighted by atomic mass is 10.3. The summed E-state index contributed by atoms with van der Waals surface area (Å²) >= 11 is 1.18. The highest BCUT2D eigenvalue weighted by molar-refractivity contribution is 7.99. The van der Waals surface area contributed by atoms with Crippen LogP contribution >= 0.6 is 11.8 Å². The number of anilines is 1. The molecule has 2 aromatic heterocycles. The Morgan fingerprint density at radius 2 is 2.07 bits per heavy atom. The molecule has 1 aromatic carbocycles. The second-order valence-electron chi connectivity index (χ2n) is 5.98. The molecule has 3 aromatic rings. The first-order chi connectivity index (χ1) is 14.1. The fraction of sp³-hybridized carbons (Fsp3) is 0.300. The fourth-order valence-electron chi connectivity index (χ4n) is 2.69. The van der Waals surface area contributed by atoms with Crippen molar-refractivity contribution in [3.05, 3.63) is 52.9 Å². The van der Waals surface area contributed by atoms with E-state index in [-0.39, 0.29) is 17.2 Å². The van der Waals surface area contributed by atoms with Crippen LogP contribution in [0.15, 0.2) is 52.5 Å². The number of nitrogens with one attached hydrogen (secondary N) is 1. The van der Waals surface area contributed by atoms with Gasteiger partial charge in [-0.3, -0.25) is 14.2 Å². The van der Waals surface area contributed by atoms with Crippen LogP contribution in [-0.4, -0.2) is 46.5 Å². The number of rotatable bonds is 9. The molecule has 0 aliphatic heterocycles. The molecule has 0 fully saturated rings. The minimum absolute atomic E-state index is 0.0816. The topological polar surface area (TPSA) is 95.3 Å². The lowest BCUT2D eigenvalue weighted by Gasteiger charge is -2.13. The molecular formula is C20H22N4O4S. The quantitative estimate of drug-likeness (QED) is 0.425. The average Bonchev–Trinajstić information content (AvgIpc) is 2.73. The number of pyridine rings is 1. The monoisotopic (exact) mass is 414 g/mol. The van der Waals surface area contributed by atoms with Crippen LogP contribution in [0.2, 0.25) is 0 Å². The van der Waals surface area contributed by atoms with E-state index in [1.54, 1.807) is 37.6 Å². The highest BCUT2D eigenvalue weighted by Crippen LogP contribution is 2.24. The van der Waals surface area contributed by atoms with Gasteiger partial charge in [-0.25, -0.2) is 9.97 Å². The number of hydrogen-bond acceptors (Lipinski definition) is 7. The van der Waals surface area contributed by atoms with Gasteiger partial charge in [0.25, 0.3) is 5.56 Å². The Morgan fingerprint density at radius 1 is 1.24 bits per heavy atom. The first-order valence-corrected chi connectivity index (χ1v) is 10.1. The van der Waals surface area contributed by atoms with Crippen LogP contribution in [0.1, 0.15) is 6.92 Å². The molecule has 0 spiro atoms. The van der Waals surface area contributed by atoms with Crippen LogP contribution < -0.4 is 15.6 Å². The van der Waals surface area contributed by atoms with Crippen molar-refractivity contribution in [1.29, 1.82) is 0 Å². The van der Waals surface area contributed by atoms with E-state index >= 15 is 0 Å². The van der Waals surface area contributed by atoms with Gasteiger partial charge in [-0.15, -0.1) is 0 Å². The van der Waals surface area contributed by atoms with Crippen molar-refractivity contribution in [2.45, 2.75) is 18.6 Å². The molecule has 0 saturated carbocycles. The van der Waals surface area contributed by atoms with Crippen molar-refractivity contribution < 1.29 is 14.3 Å². The van der Waals surface area contributed by atoms with Crippen molar-refractivity contribution in [3.63, 3.8) is 0 Å². The molecule has 1 amide bonds. The number of benzene rings is 1. The Kier molecular flexibility index (Phi) is 7.20. The van der Waals surface area contributed by atoms with Crippen molar-refractivity contribution in [3.8, 4) is 5.75 Å². The Balaban J connectivity index is 1.79. The van der Waals surface area contributed by atoms with Gasteiger partial charge in [-0.1, -0.05) is 23.9 Å². The summed E-state index contributed by atoms with van der Waals surface area (Å²) in [4.78, 5) is 33.9. The maximum absolute atomic E-state index is 12.8. The highest BCUT2D eigenvalue weighted by atomic mass is 32.2. The predicted molar refractivity (Wildman–Crippen MR) is 113 cm³/mol. The van der Waals surface area contributed by atoms with E-state index in [1.807, 2.05) is 19.1 Å². The second kappa shape index (κ2) is 10.0. The first-order valence-electron chi connectivity index (χ1n) is 9.13. The molecule has 1 N–H and O–H groups in total. The van der Waals surface area contributed by atoms with E-state index in [9.17, 15) is 9.59 Å². The number of methoxy groups -OCH3 is 1. The number of fused-ring (bicyclic) bond motifs is 1. The molecule has 3 rings (SSSR count). The number of hydrogen-bond donors (Lipinski definition) is 1. The Labute approximate surface area is 172 Å². The number of ether oxygens (including phenoxy) is 2. The molecule has 0 atom stereocenters. The standard InChI is InChI=1S/C20H22N4O4S/c1-3-28-16-9-5-4-8-15(16)22-17(25)13-29-20-23-18-14(7-6-10-21-18)19(26)24(20)11-12-27-2/h4-10H,3,11-13H2,1-2H3,(H,22,25). The lowest BCUT2D eigenvalue weighted by molar-refractivity contribution is -0.113.